The summed E-state index contributed by atoms with van der Waals surface area (Å²) in [5.74, 6) is 0. The standard InChI is InChI=1S/C9H4Cl2F2S/c10-5-3-4-1-2-14-8(4)6(7(5)11)9(12)13/h1-3,9H. The fourth-order valence-corrected chi connectivity index (χ4v) is 2.71. The van der Waals surface area contributed by atoms with Crippen LogP contribution in [-0.4, -0.2) is 0 Å². The zero-order chi connectivity index (χ0) is 10.3. The molecule has 5 heteroatoms. The van der Waals surface area contributed by atoms with Gasteiger partial charge >= 0.3 is 0 Å². The quantitative estimate of drug-likeness (QED) is 0.659. The molecule has 0 unspecified atom stereocenters. The van der Waals surface area contributed by atoms with Gasteiger partial charge in [-0.15, -0.1) is 11.3 Å². The third kappa shape index (κ3) is 1.49. The minimum absolute atomic E-state index is 0.0448. The van der Waals surface area contributed by atoms with Gasteiger partial charge in [-0.1, -0.05) is 23.2 Å². The Hall–Kier alpha value is -0.380. The molecule has 0 radical (unpaired) electrons. The van der Waals surface area contributed by atoms with Gasteiger partial charge in [-0.25, -0.2) is 8.78 Å². The first-order valence-electron chi connectivity index (χ1n) is 3.74. The highest BCUT2D eigenvalue weighted by Crippen LogP contribution is 2.40. The second kappa shape index (κ2) is 3.65. The van der Waals surface area contributed by atoms with Crippen LogP contribution in [0.2, 0.25) is 10.0 Å². The summed E-state index contributed by atoms with van der Waals surface area (Å²) in [7, 11) is 0. The van der Waals surface area contributed by atoms with Crippen molar-refractivity contribution in [2.24, 2.45) is 0 Å². The Labute approximate surface area is 93.1 Å². The molecular formula is C9H4Cl2F2S. The van der Waals surface area contributed by atoms with Gasteiger partial charge in [-0.2, -0.15) is 0 Å². The lowest BCUT2D eigenvalue weighted by Gasteiger charge is -2.06. The maximum absolute atomic E-state index is 12.7. The zero-order valence-corrected chi connectivity index (χ0v) is 9.06. The van der Waals surface area contributed by atoms with Gasteiger partial charge in [-0.3, -0.25) is 0 Å². The first-order valence-corrected chi connectivity index (χ1v) is 5.38. The smallest absolute Gasteiger partial charge is 0.205 e. The van der Waals surface area contributed by atoms with Crippen molar-refractivity contribution < 1.29 is 8.78 Å². The number of hydrogen-bond donors (Lipinski definition) is 0. The highest BCUT2D eigenvalue weighted by Gasteiger charge is 2.19. The van der Waals surface area contributed by atoms with Crippen molar-refractivity contribution in [2.75, 3.05) is 0 Å². The van der Waals surface area contributed by atoms with E-state index in [1.807, 2.05) is 0 Å². The van der Waals surface area contributed by atoms with E-state index in [4.69, 9.17) is 23.2 Å². The molecular weight excluding hydrogens is 249 g/mol. The molecule has 0 amide bonds. The van der Waals surface area contributed by atoms with Crippen LogP contribution in [0.15, 0.2) is 17.5 Å². The van der Waals surface area contributed by atoms with E-state index in [0.717, 1.165) is 0 Å². The normalized spacial score (nSPS) is 11.5. The highest BCUT2D eigenvalue weighted by atomic mass is 35.5. The molecule has 0 atom stereocenters. The molecule has 1 heterocycles. The van der Waals surface area contributed by atoms with Crippen LogP contribution in [-0.2, 0) is 0 Å². The van der Waals surface area contributed by atoms with E-state index in [1.165, 1.54) is 11.3 Å². The van der Waals surface area contributed by atoms with Crippen molar-refractivity contribution >= 4 is 44.6 Å². The molecule has 1 aromatic carbocycles. The molecule has 0 spiro atoms. The van der Waals surface area contributed by atoms with E-state index in [2.05, 4.69) is 0 Å². The van der Waals surface area contributed by atoms with E-state index < -0.39 is 6.43 Å². The average Bonchev–Trinajstić information content (AvgIpc) is 2.52. The lowest BCUT2D eigenvalue weighted by molar-refractivity contribution is 0.153. The topological polar surface area (TPSA) is 0 Å². The van der Waals surface area contributed by atoms with Crippen molar-refractivity contribution in [1.29, 1.82) is 0 Å². The van der Waals surface area contributed by atoms with Crippen LogP contribution in [0.1, 0.15) is 12.0 Å². The van der Waals surface area contributed by atoms with Crippen molar-refractivity contribution in [3.63, 3.8) is 0 Å². The molecule has 2 aromatic rings. The monoisotopic (exact) mass is 252 g/mol. The summed E-state index contributed by atoms with van der Waals surface area (Å²) >= 11 is 12.7. The van der Waals surface area contributed by atoms with E-state index in [-0.39, 0.29) is 15.6 Å². The maximum Gasteiger partial charge on any atom is 0.266 e. The first kappa shape index (κ1) is 10.1. The summed E-state index contributed by atoms with van der Waals surface area (Å²) in [6.45, 7) is 0. The molecule has 0 aliphatic rings. The van der Waals surface area contributed by atoms with Gasteiger partial charge in [0.25, 0.3) is 6.43 Å². The number of hydrogen-bond acceptors (Lipinski definition) is 1. The van der Waals surface area contributed by atoms with E-state index in [9.17, 15) is 8.78 Å². The summed E-state index contributed by atoms with van der Waals surface area (Å²) in [6, 6.07) is 3.34. The van der Waals surface area contributed by atoms with Gasteiger partial charge in [0.1, 0.15) is 0 Å². The summed E-state index contributed by atoms with van der Waals surface area (Å²) in [6.07, 6.45) is -2.60. The molecule has 0 N–H and O–H groups in total. The third-order valence-corrected chi connectivity index (χ3v) is 3.65. The van der Waals surface area contributed by atoms with Gasteiger partial charge in [0.05, 0.1) is 15.6 Å². The largest absolute Gasteiger partial charge is 0.266 e. The average molecular weight is 253 g/mol. The minimum atomic E-state index is -2.60. The van der Waals surface area contributed by atoms with Crippen molar-refractivity contribution in [2.45, 2.75) is 6.43 Å². The molecule has 0 aliphatic carbocycles. The van der Waals surface area contributed by atoms with Crippen LogP contribution in [0.4, 0.5) is 8.78 Å². The van der Waals surface area contributed by atoms with Crippen molar-refractivity contribution in [3.05, 3.63) is 33.1 Å². The molecule has 1 aromatic heterocycles. The van der Waals surface area contributed by atoms with Crippen LogP contribution < -0.4 is 0 Å². The van der Waals surface area contributed by atoms with Gasteiger partial charge in [-0.05, 0) is 22.9 Å². The minimum Gasteiger partial charge on any atom is -0.205 e. The molecule has 0 saturated carbocycles. The summed E-state index contributed by atoms with van der Waals surface area (Å²) in [5, 5.41) is 2.58. The molecule has 2 rings (SSSR count). The van der Waals surface area contributed by atoms with Crippen molar-refractivity contribution in [1.82, 2.24) is 0 Å². The van der Waals surface area contributed by atoms with E-state index in [1.54, 1.807) is 17.5 Å². The second-order valence-electron chi connectivity index (χ2n) is 2.73. The number of fused-ring (bicyclic) bond motifs is 1. The number of alkyl halides is 2. The summed E-state index contributed by atoms with van der Waals surface area (Å²) in [4.78, 5) is 0. The van der Waals surface area contributed by atoms with Gasteiger partial charge in [0.15, 0.2) is 0 Å². The van der Waals surface area contributed by atoms with Crippen LogP contribution in [0.25, 0.3) is 10.1 Å². The molecule has 74 valence electrons. The van der Waals surface area contributed by atoms with E-state index in [0.29, 0.717) is 10.1 Å². The number of benzene rings is 1. The summed E-state index contributed by atoms with van der Waals surface area (Å²) in [5.41, 5.74) is -0.163. The Bertz CT molecular complexity index is 479. The van der Waals surface area contributed by atoms with Crippen molar-refractivity contribution in [3.8, 4) is 0 Å². The molecule has 0 bridgehead atoms. The Morgan fingerprint density at radius 2 is 2.00 bits per heavy atom. The Morgan fingerprint density at radius 3 is 2.64 bits per heavy atom. The number of thiophene rings is 1. The van der Waals surface area contributed by atoms with E-state index >= 15 is 0 Å². The molecule has 0 aliphatic heterocycles. The van der Waals surface area contributed by atoms with Crippen LogP contribution >= 0.6 is 34.5 Å². The zero-order valence-electron chi connectivity index (χ0n) is 6.73. The van der Waals surface area contributed by atoms with Crippen LogP contribution in [0.5, 0.6) is 0 Å². The van der Waals surface area contributed by atoms with Gasteiger partial charge in [0.2, 0.25) is 0 Å². The Kier molecular flexibility index (Phi) is 2.64. The van der Waals surface area contributed by atoms with Crippen LogP contribution in [0, 0.1) is 0 Å². The molecule has 0 nitrogen and oxygen atoms in total. The molecule has 0 saturated heterocycles. The lowest BCUT2D eigenvalue weighted by Crippen LogP contribution is -1.87. The molecule has 14 heavy (non-hydrogen) atoms. The summed E-state index contributed by atoms with van der Waals surface area (Å²) < 4.78 is 25.9. The number of halogens is 4. The predicted molar refractivity (Wildman–Crippen MR) is 56.8 cm³/mol. The molecule has 0 fully saturated rings. The second-order valence-corrected chi connectivity index (χ2v) is 4.43. The lowest BCUT2D eigenvalue weighted by atomic mass is 10.2. The predicted octanol–water partition coefficient (Wildman–Crippen LogP) is 5.15. The fraction of sp³-hybridized carbons (Fsp3) is 0.111. The first-order chi connectivity index (χ1) is 6.61. The Morgan fingerprint density at radius 1 is 1.29 bits per heavy atom. The maximum atomic E-state index is 12.7. The number of rotatable bonds is 1. The SMILES string of the molecule is FC(F)c1c(Cl)c(Cl)cc2ccsc12. The highest BCUT2D eigenvalue weighted by molar-refractivity contribution is 7.17. The fourth-order valence-electron chi connectivity index (χ4n) is 1.27. The van der Waals surface area contributed by atoms with Gasteiger partial charge in [0, 0.05) is 4.70 Å². The third-order valence-electron chi connectivity index (χ3n) is 1.89. The Balaban J connectivity index is 2.86. The van der Waals surface area contributed by atoms with Gasteiger partial charge < -0.3 is 0 Å². The van der Waals surface area contributed by atoms with Crippen LogP contribution in [0.3, 0.4) is 0 Å².